The molecule has 2 heteroatoms. The van der Waals surface area contributed by atoms with Gasteiger partial charge in [-0.1, -0.05) is 26.8 Å². The van der Waals surface area contributed by atoms with Crippen molar-refractivity contribution in [1.82, 2.24) is 4.90 Å². The van der Waals surface area contributed by atoms with Crippen LogP contribution < -0.4 is 4.74 Å². The number of rotatable bonds is 7. The normalized spacial score (nSPS) is 19.6. The maximum atomic E-state index is 5.97. The first kappa shape index (κ1) is 17.3. The van der Waals surface area contributed by atoms with Gasteiger partial charge in [0.15, 0.2) is 0 Å². The lowest BCUT2D eigenvalue weighted by molar-refractivity contribution is 0.177. The van der Waals surface area contributed by atoms with Crippen LogP contribution in [0.1, 0.15) is 63.5 Å². The Morgan fingerprint density at radius 3 is 2.77 bits per heavy atom. The summed E-state index contributed by atoms with van der Waals surface area (Å²) in [6.07, 6.45) is 5.18. The highest BCUT2D eigenvalue weighted by Crippen LogP contribution is 2.23. The van der Waals surface area contributed by atoms with Crippen LogP contribution >= 0.6 is 0 Å². The number of hydrogen-bond acceptors (Lipinski definition) is 2. The molecule has 1 aromatic carbocycles. The van der Waals surface area contributed by atoms with E-state index in [-0.39, 0.29) is 0 Å². The van der Waals surface area contributed by atoms with E-state index < -0.39 is 0 Å². The molecule has 2 nitrogen and oxygen atoms in total. The number of hydrogen-bond donors (Lipinski definition) is 0. The van der Waals surface area contributed by atoms with E-state index in [0.29, 0.717) is 5.92 Å². The molecule has 0 aromatic heterocycles. The zero-order chi connectivity index (χ0) is 15.9. The van der Waals surface area contributed by atoms with Crippen molar-refractivity contribution in [3.63, 3.8) is 0 Å². The first-order chi connectivity index (χ1) is 10.5. The van der Waals surface area contributed by atoms with Gasteiger partial charge < -0.3 is 9.64 Å². The maximum Gasteiger partial charge on any atom is 0.119 e. The first-order valence-corrected chi connectivity index (χ1v) is 9.01. The Hall–Kier alpha value is -1.02. The third-order valence-corrected chi connectivity index (χ3v) is 4.62. The molecule has 0 aliphatic carbocycles. The van der Waals surface area contributed by atoms with Gasteiger partial charge in [-0.2, -0.15) is 0 Å². The molecule has 2 rings (SSSR count). The summed E-state index contributed by atoms with van der Waals surface area (Å²) in [6, 6.07) is 6.61. The van der Waals surface area contributed by atoms with Gasteiger partial charge in [0.1, 0.15) is 5.75 Å². The van der Waals surface area contributed by atoms with Gasteiger partial charge in [0.05, 0.1) is 6.61 Å². The van der Waals surface area contributed by atoms with E-state index in [1.54, 1.807) is 0 Å². The van der Waals surface area contributed by atoms with Crippen molar-refractivity contribution >= 4 is 0 Å². The van der Waals surface area contributed by atoms with Crippen LogP contribution in [-0.4, -0.2) is 31.1 Å². The van der Waals surface area contributed by atoms with Gasteiger partial charge in [-0.15, -0.1) is 0 Å². The average Bonchev–Trinajstić information content (AvgIpc) is 2.46. The fourth-order valence-corrected chi connectivity index (χ4v) is 3.31. The number of unbranched alkanes of at least 4 members (excludes halogenated alkanes) is 1. The van der Waals surface area contributed by atoms with E-state index in [2.05, 4.69) is 50.8 Å². The minimum absolute atomic E-state index is 0.559. The quantitative estimate of drug-likeness (QED) is 0.657. The molecule has 1 atom stereocenters. The average molecular weight is 303 g/mol. The van der Waals surface area contributed by atoms with Crippen molar-refractivity contribution in [3.05, 3.63) is 29.3 Å². The highest BCUT2D eigenvalue weighted by Gasteiger charge is 2.15. The van der Waals surface area contributed by atoms with Crippen LogP contribution in [0.4, 0.5) is 0 Å². The van der Waals surface area contributed by atoms with Gasteiger partial charge in [0, 0.05) is 6.54 Å². The molecule has 0 N–H and O–H groups in total. The molecular formula is C20H33NO. The Morgan fingerprint density at radius 2 is 2.05 bits per heavy atom. The number of piperidine rings is 1. The molecule has 1 aliphatic rings. The third kappa shape index (κ3) is 5.64. The topological polar surface area (TPSA) is 12.5 Å². The lowest BCUT2D eigenvalue weighted by Crippen LogP contribution is -2.35. The number of benzene rings is 1. The number of nitrogens with zero attached hydrogens (tertiary/aromatic N) is 1. The van der Waals surface area contributed by atoms with Crippen molar-refractivity contribution in [3.8, 4) is 5.75 Å². The Kier molecular flexibility index (Phi) is 6.75. The molecule has 1 fully saturated rings. The van der Waals surface area contributed by atoms with Crippen molar-refractivity contribution in [2.24, 2.45) is 5.92 Å². The molecule has 0 unspecified atom stereocenters. The summed E-state index contributed by atoms with van der Waals surface area (Å²) >= 11 is 0. The summed E-state index contributed by atoms with van der Waals surface area (Å²) in [5.41, 5.74) is 2.67. The number of likely N-dealkylation sites (tertiary alicyclic amines) is 1. The smallest absolute Gasteiger partial charge is 0.119 e. The van der Waals surface area contributed by atoms with Gasteiger partial charge >= 0.3 is 0 Å². The van der Waals surface area contributed by atoms with Crippen molar-refractivity contribution in [1.29, 1.82) is 0 Å². The Morgan fingerprint density at radius 1 is 1.23 bits per heavy atom. The Balaban J connectivity index is 1.68. The van der Waals surface area contributed by atoms with Crippen LogP contribution in [0.15, 0.2) is 18.2 Å². The number of aryl methyl sites for hydroxylation is 1. The molecule has 1 aromatic rings. The summed E-state index contributed by atoms with van der Waals surface area (Å²) in [7, 11) is 0. The van der Waals surface area contributed by atoms with Crippen molar-refractivity contribution in [2.75, 3.05) is 26.2 Å². The molecule has 1 heterocycles. The van der Waals surface area contributed by atoms with Crippen LogP contribution in [0.5, 0.6) is 5.75 Å². The maximum absolute atomic E-state index is 5.97. The second kappa shape index (κ2) is 8.57. The largest absolute Gasteiger partial charge is 0.494 e. The van der Waals surface area contributed by atoms with E-state index in [9.17, 15) is 0 Å². The standard InChI is InChI=1S/C20H33NO/c1-16(2)19-12-18(4)13-20(14-19)22-11-6-5-9-21-10-7-8-17(3)15-21/h12-14,16-17H,5-11,15H2,1-4H3/t17-/m1/s1. The predicted molar refractivity (Wildman–Crippen MR) is 94.8 cm³/mol. The van der Waals surface area contributed by atoms with E-state index in [4.69, 9.17) is 4.74 Å². The van der Waals surface area contributed by atoms with E-state index in [0.717, 1.165) is 24.7 Å². The monoisotopic (exact) mass is 303 g/mol. The molecule has 0 saturated carbocycles. The van der Waals surface area contributed by atoms with Crippen LogP contribution in [0.2, 0.25) is 0 Å². The highest BCUT2D eigenvalue weighted by atomic mass is 16.5. The van der Waals surface area contributed by atoms with Crippen LogP contribution in [0, 0.1) is 12.8 Å². The van der Waals surface area contributed by atoms with Gasteiger partial charge in [-0.3, -0.25) is 0 Å². The van der Waals surface area contributed by atoms with E-state index in [1.165, 1.54) is 50.0 Å². The highest BCUT2D eigenvalue weighted by molar-refractivity contribution is 5.35. The third-order valence-electron chi connectivity index (χ3n) is 4.62. The molecule has 0 bridgehead atoms. The molecule has 0 radical (unpaired) electrons. The SMILES string of the molecule is Cc1cc(OCCCCN2CCC[C@@H](C)C2)cc(C(C)C)c1. The molecule has 0 amide bonds. The van der Waals surface area contributed by atoms with Crippen LogP contribution in [-0.2, 0) is 0 Å². The lowest BCUT2D eigenvalue weighted by Gasteiger charge is -2.30. The number of ether oxygens (including phenoxy) is 1. The second-order valence-electron chi connectivity index (χ2n) is 7.34. The Bertz CT molecular complexity index is 455. The van der Waals surface area contributed by atoms with Crippen LogP contribution in [0.25, 0.3) is 0 Å². The van der Waals surface area contributed by atoms with Crippen molar-refractivity contribution in [2.45, 2.75) is 59.3 Å². The summed E-state index contributed by atoms with van der Waals surface area (Å²) in [5.74, 6) is 2.48. The van der Waals surface area contributed by atoms with E-state index >= 15 is 0 Å². The van der Waals surface area contributed by atoms with Crippen LogP contribution in [0.3, 0.4) is 0 Å². The molecule has 1 saturated heterocycles. The summed E-state index contributed by atoms with van der Waals surface area (Å²) in [4.78, 5) is 2.62. The fraction of sp³-hybridized carbons (Fsp3) is 0.700. The zero-order valence-corrected chi connectivity index (χ0v) is 14.9. The second-order valence-corrected chi connectivity index (χ2v) is 7.34. The molecule has 22 heavy (non-hydrogen) atoms. The van der Waals surface area contributed by atoms with Gasteiger partial charge in [0.25, 0.3) is 0 Å². The molecule has 124 valence electrons. The summed E-state index contributed by atoms with van der Waals surface area (Å²) < 4.78 is 5.97. The minimum atomic E-state index is 0.559. The molecule has 0 spiro atoms. The lowest BCUT2D eigenvalue weighted by atomic mass is 10.0. The Labute approximate surface area is 136 Å². The van der Waals surface area contributed by atoms with Crippen molar-refractivity contribution < 1.29 is 4.74 Å². The summed E-state index contributed by atoms with van der Waals surface area (Å²) in [5, 5.41) is 0. The predicted octanol–water partition coefficient (Wildman–Crippen LogP) is 5.01. The zero-order valence-electron chi connectivity index (χ0n) is 14.9. The van der Waals surface area contributed by atoms with E-state index in [1.807, 2.05) is 0 Å². The minimum Gasteiger partial charge on any atom is -0.494 e. The molecular weight excluding hydrogens is 270 g/mol. The van der Waals surface area contributed by atoms with Gasteiger partial charge in [0.2, 0.25) is 0 Å². The summed E-state index contributed by atoms with van der Waals surface area (Å²) in [6.45, 7) is 13.6. The fourth-order valence-electron chi connectivity index (χ4n) is 3.31. The first-order valence-electron chi connectivity index (χ1n) is 9.01. The molecule has 1 aliphatic heterocycles. The van der Waals surface area contributed by atoms with Gasteiger partial charge in [-0.25, -0.2) is 0 Å². The van der Waals surface area contributed by atoms with Gasteiger partial charge in [-0.05, 0) is 80.8 Å².